The fourth-order valence-corrected chi connectivity index (χ4v) is 2.56. The van der Waals surface area contributed by atoms with Gasteiger partial charge in [0.2, 0.25) is 5.82 Å². The van der Waals surface area contributed by atoms with E-state index in [-0.39, 0.29) is 11.7 Å². The van der Waals surface area contributed by atoms with Gasteiger partial charge in [0, 0.05) is 36.1 Å². The van der Waals surface area contributed by atoms with E-state index in [1.165, 1.54) is 4.90 Å². The van der Waals surface area contributed by atoms with Crippen LogP contribution in [0.2, 0.25) is 5.02 Å². The molecule has 0 saturated heterocycles. The summed E-state index contributed by atoms with van der Waals surface area (Å²) in [6.45, 7) is 2.20. The first kappa shape index (κ1) is 16.2. The monoisotopic (exact) mass is 345 g/mol. The van der Waals surface area contributed by atoms with Gasteiger partial charge in [-0.2, -0.15) is 4.98 Å². The number of hydrogen-bond acceptors (Lipinski definition) is 5. The molecule has 0 radical (unpaired) electrons. The molecule has 7 nitrogen and oxygen atoms in total. The molecule has 0 unspecified atom stereocenters. The quantitative estimate of drug-likeness (QED) is 0.725. The highest BCUT2D eigenvalue weighted by molar-refractivity contribution is 6.30. The molecule has 24 heavy (non-hydrogen) atoms. The molecule has 1 amide bonds. The largest absolute Gasteiger partial charge is 0.496 e. The van der Waals surface area contributed by atoms with Crippen LogP contribution in [0.4, 0.5) is 0 Å². The number of ether oxygens (including phenoxy) is 1. The molecule has 0 atom stereocenters. The SMILES string of the molecule is COc1ccc(Cl)cc1CN(C)C(=O)c1nc2nccc(C)n2n1. The molecule has 0 aliphatic rings. The van der Waals surface area contributed by atoms with Crippen LogP contribution in [0.3, 0.4) is 0 Å². The zero-order chi connectivity index (χ0) is 17.3. The summed E-state index contributed by atoms with van der Waals surface area (Å²) in [5.74, 6) is 0.855. The Morgan fingerprint density at radius 2 is 2.17 bits per heavy atom. The van der Waals surface area contributed by atoms with Gasteiger partial charge in [-0.25, -0.2) is 9.50 Å². The molecule has 124 valence electrons. The minimum Gasteiger partial charge on any atom is -0.496 e. The van der Waals surface area contributed by atoms with Gasteiger partial charge in [0.1, 0.15) is 5.75 Å². The zero-order valence-corrected chi connectivity index (χ0v) is 14.3. The van der Waals surface area contributed by atoms with E-state index in [9.17, 15) is 4.79 Å². The Kier molecular flexibility index (Phi) is 4.35. The van der Waals surface area contributed by atoms with Crippen molar-refractivity contribution in [2.75, 3.05) is 14.2 Å². The van der Waals surface area contributed by atoms with Crippen molar-refractivity contribution in [3.63, 3.8) is 0 Å². The van der Waals surface area contributed by atoms with E-state index >= 15 is 0 Å². The van der Waals surface area contributed by atoms with Gasteiger partial charge >= 0.3 is 0 Å². The van der Waals surface area contributed by atoms with Gasteiger partial charge in [0.05, 0.1) is 7.11 Å². The first-order valence-corrected chi connectivity index (χ1v) is 7.63. The van der Waals surface area contributed by atoms with E-state index < -0.39 is 0 Å². The maximum absolute atomic E-state index is 12.6. The van der Waals surface area contributed by atoms with Gasteiger partial charge in [-0.15, -0.1) is 5.10 Å². The fraction of sp³-hybridized carbons (Fsp3) is 0.250. The molecular weight excluding hydrogens is 330 g/mol. The van der Waals surface area contributed by atoms with Gasteiger partial charge < -0.3 is 9.64 Å². The predicted molar refractivity (Wildman–Crippen MR) is 89.3 cm³/mol. The lowest BCUT2D eigenvalue weighted by Crippen LogP contribution is -2.27. The second-order valence-electron chi connectivity index (χ2n) is 5.35. The van der Waals surface area contributed by atoms with Gasteiger partial charge in [0.15, 0.2) is 0 Å². The number of amides is 1. The number of benzene rings is 1. The molecule has 3 aromatic rings. The normalized spacial score (nSPS) is 10.8. The molecule has 0 fully saturated rings. The lowest BCUT2D eigenvalue weighted by atomic mass is 10.2. The van der Waals surface area contributed by atoms with Gasteiger partial charge in [-0.1, -0.05) is 11.6 Å². The number of aryl methyl sites for hydroxylation is 1. The molecule has 2 aromatic heterocycles. The van der Waals surface area contributed by atoms with Crippen molar-refractivity contribution in [3.05, 3.63) is 52.6 Å². The Morgan fingerprint density at radius 3 is 2.88 bits per heavy atom. The van der Waals surface area contributed by atoms with E-state index in [4.69, 9.17) is 16.3 Å². The minimum absolute atomic E-state index is 0.0975. The molecule has 0 N–H and O–H groups in total. The van der Waals surface area contributed by atoms with Crippen LogP contribution in [-0.2, 0) is 6.54 Å². The van der Waals surface area contributed by atoms with Crippen LogP contribution in [0.15, 0.2) is 30.5 Å². The Labute approximate surface area is 143 Å². The van der Waals surface area contributed by atoms with E-state index in [1.54, 1.807) is 49.1 Å². The van der Waals surface area contributed by atoms with Gasteiger partial charge in [-0.3, -0.25) is 4.79 Å². The van der Waals surface area contributed by atoms with Gasteiger partial charge in [-0.05, 0) is 31.2 Å². The summed E-state index contributed by atoms with van der Waals surface area (Å²) < 4.78 is 6.85. The number of fused-ring (bicyclic) bond motifs is 1. The third kappa shape index (κ3) is 3.03. The van der Waals surface area contributed by atoms with Crippen LogP contribution in [0, 0.1) is 6.92 Å². The van der Waals surface area contributed by atoms with Crippen LogP contribution in [0.1, 0.15) is 21.9 Å². The molecule has 0 bridgehead atoms. The number of carbonyl (C=O) groups excluding carboxylic acids is 1. The number of methoxy groups -OCH3 is 1. The molecule has 2 heterocycles. The van der Waals surface area contributed by atoms with Gasteiger partial charge in [0.25, 0.3) is 11.7 Å². The van der Waals surface area contributed by atoms with Crippen molar-refractivity contribution < 1.29 is 9.53 Å². The third-order valence-corrected chi connectivity index (χ3v) is 3.85. The molecule has 3 rings (SSSR count). The van der Waals surface area contributed by atoms with Crippen molar-refractivity contribution in [3.8, 4) is 5.75 Å². The van der Waals surface area contributed by atoms with E-state index in [0.29, 0.717) is 23.1 Å². The maximum Gasteiger partial charge on any atom is 0.293 e. The molecule has 0 aliphatic heterocycles. The minimum atomic E-state index is -0.304. The number of rotatable bonds is 4. The van der Waals surface area contributed by atoms with E-state index in [1.807, 2.05) is 6.92 Å². The second-order valence-corrected chi connectivity index (χ2v) is 5.79. The van der Waals surface area contributed by atoms with Crippen molar-refractivity contribution in [2.45, 2.75) is 13.5 Å². The molecule has 1 aromatic carbocycles. The Balaban J connectivity index is 1.86. The fourth-order valence-electron chi connectivity index (χ4n) is 2.37. The second kappa shape index (κ2) is 6.45. The van der Waals surface area contributed by atoms with Crippen LogP contribution in [-0.4, -0.2) is 44.5 Å². The lowest BCUT2D eigenvalue weighted by Gasteiger charge is -2.17. The zero-order valence-electron chi connectivity index (χ0n) is 13.5. The predicted octanol–water partition coefficient (Wildman–Crippen LogP) is 2.37. The number of aromatic nitrogens is 4. The summed E-state index contributed by atoms with van der Waals surface area (Å²) >= 11 is 6.03. The summed E-state index contributed by atoms with van der Waals surface area (Å²) in [4.78, 5) is 22.4. The Hall–Kier alpha value is -2.67. The molecule has 0 aliphatic carbocycles. The van der Waals surface area contributed by atoms with Crippen LogP contribution < -0.4 is 4.74 Å². The molecule has 0 saturated carbocycles. The number of halogens is 1. The maximum atomic E-state index is 12.6. The Morgan fingerprint density at radius 1 is 1.38 bits per heavy atom. The molecular formula is C16H16ClN5O2. The standard InChI is InChI=1S/C16H16ClN5O2/c1-10-6-7-18-16-19-14(20-22(10)16)15(23)21(2)9-11-8-12(17)4-5-13(11)24-3/h4-8H,9H2,1-3H3. The van der Waals surface area contributed by atoms with Crippen LogP contribution >= 0.6 is 11.6 Å². The topological polar surface area (TPSA) is 72.6 Å². The summed E-state index contributed by atoms with van der Waals surface area (Å²) in [6.07, 6.45) is 1.63. The van der Waals surface area contributed by atoms with Crippen molar-refractivity contribution in [1.29, 1.82) is 0 Å². The highest BCUT2D eigenvalue weighted by atomic mass is 35.5. The lowest BCUT2D eigenvalue weighted by molar-refractivity contribution is 0.0772. The average Bonchev–Trinajstić information content (AvgIpc) is 3.00. The Bertz CT molecular complexity index is 909. The molecule has 8 heteroatoms. The first-order valence-electron chi connectivity index (χ1n) is 7.26. The van der Waals surface area contributed by atoms with Crippen molar-refractivity contribution in [2.24, 2.45) is 0 Å². The summed E-state index contributed by atoms with van der Waals surface area (Å²) in [6, 6.07) is 7.08. The number of hydrogen-bond donors (Lipinski definition) is 0. The first-order chi connectivity index (χ1) is 11.5. The summed E-state index contributed by atoms with van der Waals surface area (Å²) in [5, 5.41) is 4.81. The van der Waals surface area contributed by atoms with Crippen molar-refractivity contribution >= 4 is 23.3 Å². The van der Waals surface area contributed by atoms with E-state index in [0.717, 1.165) is 11.3 Å². The number of carbonyl (C=O) groups is 1. The summed E-state index contributed by atoms with van der Waals surface area (Å²) in [7, 11) is 3.25. The highest BCUT2D eigenvalue weighted by Gasteiger charge is 2.20. The third-order valence-electron chi connectivity index (χ3n) is 3.62. The van der Waals surface area contributed by atoms with Crippen molar-refractivity contribution in [1.82, 2.24) is 24.5 Å². The average molecular weight is 346 g/mol. The van der Waals surface area contributed by atoms with Crippen LogP contribution in [0.5, 0.6) is 5.75 Å². The smallest absolute Gasteiger partial charge is 0.293 e. The van der Waals surface area contributed by atoms with E-state index in [2.05, 4.69) is 15.1 Å². The number of nitrogens with zero attached hydrogens (tertiary/aromatic N) is 5. The van der Waals surface area contributed by atoms with Crippen LogP contribution in [0.25, 0.3) is 5.78 Å². The highest BCUT2D eigenvalue weighted by Crippen LogP contribution is 2.24. The summed E-state index contributed by atoms with van der Waals surface area (Å²) in [5.41, 5.74) is 1.66. The molecule has 0 spiro atoms.